The van der Waals surface area contributed by atoms with E-state index >= 15 is 0 Å². The van der Waals surface area contributed by atoms with Crippen molar-refractivity contribution < 1.29 is 46.9 Å². The number of thioether (sulfide) groups is 6. The summed E-state index contributed by atoms with van der Waals surface area (Å²) in [4.78, 5) is 86.9. The van der Waals surface area contributed by atoms with Crippen molar-refractivity contribution in [3.8, 4) is 0 Å². The highest BCUT2D eigenvalue weighted by Crippen LogP contribution is 2.58. The molecule has 29 heteroatoms. The van der Waals surface area contributed by atoms with Gasteiger partial charge in [0.15, 0.2) is 31.0 Å². The van der Waals surface area contributed by atoms with Gasteiger partial charge >= 0.3 is 7.82 Å². The molecule has 6 amide bonds. The van der Waals surface area contributed by atoms with Gasteiger partial charge in [-0.3, -0.25) is 71.7 Å². The minimum absolute atomic E-state index is 0.00218. The van der Waals surface area contributed by atoms with E-state index in [1.165, 1.54) is 71.1 Å². The monoisotopic (exact) mass is 1030 g/mol. The molecule has 6 aliphatic heterocycles. The van der Waals surface area contributed by atoms with Crippen LogP contribution in [0.1, 0.15) is 41.5 Å². The fraction of sp³-hybridized carbons (Fsp3) is 0.500. The fourth-order valence-corrected chi connectivity index (χ4v) is 13.5. The zero-order valence-corrected chi connectivity index (χ0v) is 42.3. The number of likely N-dealkylation sites (N-methyl/N-ethyl adjacent to an activating group) is 3. The van der Waals surface area contributed by atoms with Gasteiger partial charge in [-0.05, 0) is 76.8 Å². The second kappa shape index (κ2) is 20.6. The van der Waals surface area contributed by atoms with Crippen molar-refractivity contribution in [3.63, 3.8) is 0 Å². The number of carbonyl (C=O) groups is 6. The minimum atomic E-state index is -5.16. The van der Waals surface area contributed by atoms with Crippen molar-refractivity contribution in [2.75, 3.05) is 40.8 Å². The zero-order chi connectivity index (χ0) is 47.8. The van der Waals surface area contributed by atoms with Crippen molar-refractivity contribution >= 4 is 145 Å². The molecule has 0 aromatic heterocycles. The molecule has 65 heavy (non-hydrogen) atoms. The van der Waals surface area contributed by atoms with E-state index < -0.39 is 57.6 Å². The molecule has 6 heterocycles. The van der Waals surface area contributed by atoms with Crippen molar-refractivity contribution in [3.05, 3.63) is 36.5 Å². The molecule has 350 valence electrons. The topological polar surface area (TPSA) is 241 Å². The van der Waals surface area contributed by atoms with Gasteiger partial charge in [0.05, 0.1) is 15.7 Å². The SMILES string of the molecule is C=C(C)CN1C(=O)C(C)S/C1=N\N=C1/SC(OP(=O)(OC2S/C(=N\N=C3/SC(C)C(=O)N3CC(=C)C)N(C)C2=O)OC2S/C(=N\N=C3/SC(C)C(=O)N3CC(=C)C)N(C)C2=O)C(=O)N1C. The van der Waals surface area contributed by atoms with Gasteiger partial charge in [-0.25, -0.2) is 4.57 Å². The number of hydrogen-bond acceptors (Lipinski definition) is 22. The molecule has 6 aliphatic rings. The molecule has 0 saturated carbocycles. The maximum Gasteiger partial charge on any atom is 0.479 e. The van der Waals surface area contributed by atoms with Crippen LogP contribution < -0.4 is 0 Å². The van der Waals surface area contributed by atoms with Crippen LogP contribution in [0.4, 0.5) is 0 Å². The molecule has 6 fully saturated rings. The van der Waals surface area contributed by atoms with E-state index in [1.807, 2.05) is 0 Å². The Hall–Kier alpha value is -3.73. The average Bonchev–Trinajstić information content (AvgIpc) is 3.98. The number of amidine groups is 6. The molecule has 6 unspecified atom stereocenters. The summed E-state index contributed by atoms with van der Waals surface area (Å²) < 4.78 is 32.5. The molecular weight excluding hydrogens is 984 g/mol. The van der Waals surface area contributed by atoms with Crippen molar-refractivity contribution in [1.82, 2.24) is 29.4 Å². The van der Waals surface area contributed by atoms with Crippen LogP contribution in [0.5, 0.6) is 0 Å². The van der Waals surface area contributed by atoms with Gasteiger partial charge in [-0.2, -0.15) is 0 Å². The second-order valence-electron chi connectivity index (χ2n) is 15.0. The van der Waals surface area contributed by atoms with Crippen LogP contribution in [0.3, 0.4) is 0 Å². The Morgan fingerprint density at radius 3 is 0.923 bits per heavy atom. The number of phosphoric ester groups is 1. The van der Waals surface area contributed by atoms with E-state index in [0.717, 1.165) is 14.7 Å². The van der Waals surface area contributed by atoms with E-state index in [1.54, 1.807) is 41.5 Å². The van der Waals surface area contributed by atoms with Gasteiger partial charge in [0.2, 0.25) is 34.0 Å². The largest absolute Gasteiger partial charge is 0.479 e. The second-order valence-corrected chi connectivity index (χ2v) is 23.6. The first kappa shape index (κ1) is 50.7. The molecule has 0 spiro atoms. The lowest BCUT2D eigenvalue weighted by molar-refractivity contribution is -0.133. The minimum Gasteiger partial charge on any atom is -0.290 e. The van der Waals surface area contributed by atoms with Crippen molar-refractivity contribution in [2.45, 2.75) is 73.6 Å². The third kappa shape index (κ3) is 11.4. The Morgan fingerprint density at radius 2 is 0.692 bits per heavy atom. The van der Waals surface area contributed by atoms with E-state index in [2.05, 4.69) is 50.3 Å². The number of carbonyl (C=O) groups excluding carboxylic acids is 6. The molecule has 6 rings (SSSR count). The van der Waals surface area contributed by atoms with Gasteiger partial charge in [0.1, 0.15) is 0 Å². The van der Waals surface area contributed by atoms with Crippen LogP contribution in [-0.4, -0.2) is 169 Å². The standard InChI is InChI=1S/C36H45N12O10PS6/c1-16(2)13-46-22(49)19(7)60-34(46)40-37-31-43(10)25(52)28(63-31)56-59(55,57-29-26(53)44(11)32(64-29)38-41-35-47(14-17(3)4)23(50)20(8)61-35)58-30-27(54)45(12)33(65-30)39-42-36-48(15-18(5)6)24(51)21(9)62-36/h19-21,28-30H,1,3,5,13-15H2,2,4,6-12H3/b37-31-,38-32-,39-33-,40-34-,41-35-,42-36-. The number of nitrogens with zero attached hydrogens (tertiary/aromatic N) is 12. The summed E-state index contributed by atoms with van der Waals surface area (Å²) in [5.74, 6) is -2.86. The lowest BCUT2D eigenvalue weighted by Gasteiger charge is -2.23. The molecule has 0 aliphatic carbocycles. The first-order chi connectivity index (χ1) is 30.5. The summed E-state index contributed by atoms with van der Waals surface area (Å²) in [5, 5.41) is 24.9. The number of hydrogen-bond donors (Lipinski definition) is 0. The maximum absolute atomic E-state index is 14.9. The van der Waals surface area contributed by atoms with Crippen LogP contribution in [0.25, 0.3) is 0 Å². The van der Waals surface area contributed by atoms with E-state index in [9.17, 15) is 33.3 Å². The van der Waals surface area contributed by atoms with Crippen LogP contribution >= 0.6 is 78.4 Å². The summed E-state index contributed by atoms with van der Waals surface area (Å²) >= 11 is 5.61. The summed E-state index contributed by atoms with van der Waals surface area (Å²) in [6.07, 6.45) is 0. The zero-order valence-electron chi connectivity index (χ0n) is 36.6. The predicted octanol–water partition coefficient (Wildman–Crippen LogP) is 4.24. The van der Waals surface area contributed by atoms with Crippen LogP contribution in [-0.2, 0) is 46.9 Å². The summed E-state index contributed by atoms with van der Waals surface area (Å²) in [6.45, 7) is 22.7. The number of amides is 6. The molecule has 6 saturated heterocycles. The van der Waals surface area contributed by atoms with Gasteiger partial charge < -0.3 is 0 Å². The predicted molar refractivity (Wildman–Crippen MR) is 259 cm³/mol. The Kier molecular flexibility index (Phi) is 16.1. The number of rotatable bonds is 15. The molecule has 0 radical (unpaired) electrons. The molecule has 22 nitrogen and oxygen atoms in total. The fourth-order valence-electron chi connectivity index (χ4n) is 5.82. The third-order valence-electron chi connectivity index (χ3n) is 9.10. The first-order valence-electron chi connectivity index (χ1n) is 19.3. The quantitative estimate of drug-likeness (QED) is 0.127. The molecule has 6 atom stereocenters. The normalized spacial score (nSPS) is 31.1. The highest BCUT2D eigenvalue weighted by atomic mass is 32.2. The summed E-state index contributed by atoms with van der Waals surface area (Å²) in [7, 11) is -1.04. The molecule has 0 aromatic carbocycles. The lowest BCUT2D eigenvalue weighted by Crippen LogP contribution is -2.33. The Labute approximate surface area is 400 Å². The van der Waals surface area contributed by atoms with Gasteiger partial charge in [0.25, 0.3) is 17.7 Å². The average molecular weight is 1030 g/mol. The highest BCUT2D eigenvalue weighted by molar-refractivity contribution is 8.17. The van der Waals surface area contributed by atoms with Gasteiger partial charge in [-0.1, -0.05) is 71.7 Å². The van der Waals surface area contributed by atoms with Gasteiger partial charge in [-0.15, -0.1) is 30.6 Å². The van der Waals surface area contributed by atoms with Crippen LogP contribution in [0.15, 0.2) is 67.1 Å². The lowest BCUT2D eigenvalue weighted by atomic mass is 10.3. The Bertz CT molecular complexity index is 2130. The van der Waals surface area contributed by atoms with Crippen LogP contribution in [0, 0.1) is 0 Å². The van der Waals surface area contributed by atoms with Crippen LogP contribution in [0.2, 0.25) is 0 Å². The molecular formula is C36H45N12O10PS6. The van der Waals surface area contributed by atoms with Crippen molar-refractivity contribution in [1.29, 1.82) is 0 Å². The van der Waals surface area contributed by atoms with Crippen molar-refractivity contribution in [2.24, 2.45) is 30.6 Å². The van der Waals surface area contributed by atoms with Gasteiger partial charge in [0, 0.05) is 40.8 Å². The highest BCUT2D eigenvalue weighted by Gasteiger charge is 2.52. The summed E-state index contributed by atoms with van der Waals surface area (Å²) in [5.41, 5.74) is -2.82. The third-order valence-corrected chi connectivity index (χ3v) is 17.4. The number of phosphoric acid groups is 1. The first-order valence-corrected chi connectivity index (χ1v) is 26.0. The van der Waals surface area contributed by atoms with E-state index in [0.29, 0.717) is 52.0 Å². The molecule has 0 N–H and O–H groups in total. The smallest absolute Gasteiger partial charge is 0.290 e. The van der Waals surface area contributed by atoms with E-state index in [-0.39, 0.29) is 68.4 Å². The molecule has 0 aromatic rings. The molecule has 0 bridgehead atoms. The Morgan fingerprint density at radius 1 is 0.462 bits per heavy atom. The Balaban J connectivity index is 1.28. The maximum atomic E-state index is 14.9. The summed E-state index contributed by atoms with van der Waals surface area (Å²) in [6, 6.07) is 0. The van der Waals surface area contributed by atoms with E-state index in [4.69, 9.17) is 13.6 Å².